The van der Waals surface area contributed by atoms with Crippen LogP contribution in [-0.4, -0.2) is 12.6 Å². The Morgan fingerprint density at radius 3 is 2.65 bits per heavy atom. The second-order valence-electron chi connectivity index (χ2n) is 5.53. The van der Waals surface area contributed by atoms with Crippen LogP contribution in [0.2, 0.25) is 0 Å². The Labute approximate surface area is 120 Å². The number of nitrogens with one attached hydrogen (secondary N) is 1. The first-order chi connectivity index (χ1) is 9.75. The molecule has 3 rings (SSSR count). The van der Waals surface area contributed by atoms with Gasteiger partial charge in [0.25, 0.3) is 0 Å². The zero-order valence-electron chi connectivity index (χ0n) is 12.1. The van der Waals surface area contributed by atoms with Crippen molar-refractivity contribution in [3.8, 4) is 16.9 Å². The number of fused-ring (bicyclic) bond motifs is 1. The average Bonchev–Trinajstić information content (AvgIpc) is 2.47. The number of benzene rings is 2. The van der Waals surface area contributed by atoms with Crippen molar-refractivity contribution in [2.75, 3.05) is 6.54 Å². The summed E-state index contributed by atoms with van der Waals surface area (Å²) in [6.07, 6.45) is 1.28. The molecule has 104 valence electrons. The first kappa shape index (κ1) is 13.2. The molecule has 0 bridgehead atoms. The van der Waals surface area contributed by atoms with E-state index in [1.165, 1.54) is 22.3 Å². The molecule has 2 aromatic rings. The van der Waals surface area contributed by atoms with Crippen molar-refractivity contribution in [3.63, 3.8) is 0 Å². The Balaban J connectivity index is 2.09. The van der Waals surface area contributed by atoms with Crippen LogP contribution in [-0.2, 0) is 13.0 Å². The summed E-state index contributed by atoms with van der Waals surface area (Å²) in [5.41, 5.74) is 5.40. The molecule has 1 N–H and O–H groups in total. The van der Waals surface area contributed by atoms with Crippen molar-refractivity contribution in [3.05, 3.63) is 53.6 Å². The number of para-hydroxylation sites is 1. The highest BCUT2D eigenvalue weighted by molar-refractivity contribution is 5.74. The van der Waals surface area contributed by atoms with Gasteiger partial charge in [0.1, 0.15) is 5.75 Å². The normalized spacial score (nSPS) is 14.2. The SMILES string of the molecule is CC(C)Oc1ccccc1-c1cccc2c1CCNC2. The zero-order valence-corrected chi connectivity index (χ0v) is 12.1. The molecule has 1 heterocycles. The minimum absolute atomic E-state index is 0.192. The third-order valence-corrected chi connectivity index (χ3v) is 3.68. The number of hydrogen-bond donors (Lipinski definition) is 1. The lowest BCUT2D eigenvalue weighted by Gasteiger charge is -2.22. The molecule has 2 nitrogen and oxygen atoms in total. The minimum atomic E-state index is 0.192. The number of rotatable bonds is 3. The molecular weight excluding hydrogens is 246 g/mol. The van der Waals surface area contributed by atoms with Gasteiger partial charge in [-0.1, -0.05) is 36.4 Å². The van der Waals surface area contributed by atoms with Gasteiger partial charge in [0.05, 0.1) is 6.10 Å². The molecule has 0 saturated heterocycles. The molecule has 0 saturated carbocycles. The number of hydrogen-bond acceptors (Lipinski definition) is 2. The van der Waals surface area contributed by atoms with Crippen LogP contribution in [0.5, 0.6) is 5.75 Å². The van der Waals surface area contributed by atoms with Crippen LogP contribution in [0.3, 0.4) is 0 Å². The van der Waals surface area contributed by atoms with Crippen molar-refractivity contribution in [1.29, 1.82) is 0 Å². The smallest absolute Gasteiger partial charge is 0.127 e. The molecule has 0 aromatic heterocycles. The predicted molar refractivity (Wildman–Crippen MR) is 83.1 cm³/mol. The average molecular weight is 267 g/mol. The van der Waals surface area contributed by atoms with Gasteiger partial charge in [0.2, 0.25) is 0 Å². The fourth-order valence-corrected chi connectivity index (χ4v) is 2.83. The third-order valence-electron chi connectivity index (χ3n) is 3.68. The summed E-state index contributed by atoms with van der Waals surface area (Å²) >= 11 is 0. The van der Waals surface area contributed by atoms with E-state index in [1.54, 1.807) is 0 Å². The van der Waals surface area contributed by atoms with E-state index in [4.69, 9.17) is 4.74 Å². The first-order valence-corrected chi connectivity index (χ1v) is 7.33. The van der Waals surface area contributed by atoms with Gasteiger partial charge in [0.15, 0.2) is 0 Å². The molecule has 0 atom stereocenters. The quantitative estimate of drug-likeness (QED) is 0.913. The maximum Gasteiger partial charge on any atom is 0.127 e. The van der Waals surface area contributed by atoms with Crippen LogP contribution in [0.1, 0.15) is 25.0 Å². The molecule has 0 spiro atoms. The Kier molecular flexibility index (Phi) is 3.75. The van der Waals surface area contributed by atoms with Gasteiger partial charge < -0.3 is 10.1 Å². The third kappa shape index (κ3) is 2.56. The fourth-order valence-electron chi connectivity index (χ4n) is 2.83. The van der Waals surface area contributed by atoms with Crippen molar-refractivity contribution in [1.82, 2.24) is 5.32 Å². The summed E-state index contributed by atoms with van der Waals surface area (Å²) in [6, 6.07) is 14.9. The van der Waals surface area contributed by atoms with E-state index in [0.29, 0.717) is 0 Å². The second kappa shape index (κ2) is 5.68. The Bertz CT molecular complexity index is 604. The highest BCUT2D eigenvalue weighted by atomic mass is 16.5. The molecule has 2 heteroatoms. The lowest BCUT2D eigenvalue weighted by atomic mass is 9.91. The van der Waals surface area contributed by atoms with Crippen LogP contribution < -0.4 is 10.1 Å². The summed E-state index contributed by atoms with van der Waals surface area (Å²) in [7, 11) is 0. The van der Waals surface area contributed by atoms with Crippen molar-refractivity contribution < 1.29 is 4.74 Å². The van der Waals surface area contributed by atoms with Gasteiger partial charge in [-0.3, -0.25) is 0 Å². The summed E-state index contributed by atoms with van der Waals surface area (Å²) < 4.78 is 5.98. The van der Waals surface area contributed by atoms with E-state index in [-0.39, 0.29) is 6.10 Å². The van der Waals surface area contributed by atoms with Gasteiger partial charge in [-0.05, 0) is 49.6 Å². The van der Waals surface area contributed by atoms with Gasteiger partial charge in [-0.25, -0.2) is 0 Å². The van der Waals surface area contributed by atoms with E-state index in [1.807, 2.05) is 6.07 Å². The van der Waals surface area contributed by atoms with E-state index in [0.717, 1.165) is 25.3 Å². The monoisotopic (exact) mass is 267 g/mol. The molecule has 0 amide bonds. The van der Waals surface area contributed by atoms with E-state index in [9.17, 15) is 0 Å². The summed E-state index contributed by atoms with van der Waals surface area (Å²) in [5.74, 6) is 0.981. The molecule has 20 heavy (non-hydrogen) atoms. The van der Waals surface area contributed by atoms with Crippen molar-refractivity contribution in [2.24, 2.45) is 0 Å². The van der Waals surface area contributed by atoms with Crippen LogP contribution in [0, 0.1) is 0 Å². The highest BCUT2D eigenvalue weighted by Gasteiger charge is 2.16. The maximum atomic E-state index is 5.98. The van der Waals surface area contributed by atoms with Crippen molar-refractivity contribution in [2.45, 2.75) is 32.9 Å². The highest BCUT2D eigenvalue weighted by Crippen LogP contribution is 2.35. The molecular formula is C18H21NO. The van der Waals surface area contributed by atoms with Gasteiger partial charge in [0, 0.05) is 12.1 Å². The van der Waals surface area contributed by atoms with Gasteiger partial charge >= 0.3 is 0 Å². The fraction of sp³-hybridized carbons (Fsp3) is 0.333. The van der Waals surface area contributed by atoms with E-state index < -0.39 is 0 Å². The van der Waals surface area contributed by atoms with Crippen molar-refractivity contribution >= 4 is 0 Å². The Hall–Kier alpha value is -1.80. The minimum Gasteiger partial charge on any atom is -0.490 e. The standard InChI is InChI=1S/C18H21NO/c1-13(2)20-18-9-4-3-7-17(18)16-8-5-6-14-12-19-11-10-15(14)16/h3-9,13,19H,10-12H2,1-2H3. The Morgan fingerprint density at radius 2 is 1.80 bits per heavy atom. The Morgan fingerprint density at radius 1 is 1.00 bits per heavy atom. The van der Waals surface area contributed by atoms with Crippen LogP contribution in [0.15, 0.2) is 42.5 Å². The topological polar surface area (TPSA) is 21.3 Å². The maximum absolute atomic E-state index is 5.98. The summed E-state index contributed by atoms with van der Waals surface area (Å²) in [6.45, 7) is 6.16. The van der Waals surface area contributed by atoms with Crippen LogP contribution in [0.4, 0.5) is 0 Å². The predicted octanol–water partition coefficient (Wildman–Crippen LogP) is 3.79. The van der Waals surface area contributed by atoms with Gasteiger partial charge in [-0.15, -0.1) is 0 Å². The lowest BCUT2D eigenvalue weighted by molar-refractivity contribution is 0.243. The molecule has 0 aliphatic carbocycles. The van der Waals surface area contributed by atoms with E-state index in [2.05, 4.69) is 55.6 Å². The lowest BCUT2D eigenvalue weighted by Crippen LogP contribution is -2.24. The van der Waals surface area contributed by atoms with Crippen LogP contribution >= 0.6 is 0 Å². The molecule has 0 unspecified atom stereocenters. The molecule has 1 aliphatic heterocycles. The molecule has 0 fully saturated rings. The zero-order chi connectivity index (χ0) is 13.9. The summed E-state index contributed by atoms with van der Waals surface area (Å²) in [4.78, 5) is 0. The molecule has 1 aliphatic rings. The number of ether oxygens (including phenoxy) is 1. The second-order valence-corrected chi connectivity index (χ2v) is 5.53. The largest absolute Gasteiger partial charge is 0.490 e. The molecule has 0 radical (unpaired) electrons. The van der Waals surface area contributed by atoms with E-state index >= 15 is 0 Å². The van der Waals surface area contributed by atoms with Crippen LogP contribution in [0.25, 0.3) is 11.1 Å². The molecule has 2 aromatic carbocycles. The van der Waals surface area contributed by atoms with Gasteiger partial charge in [-0.2, -0.15) is 0 Å². The summed E-state index contributed by atoms with van der Waals surface area (Å²) in [5, 5.41) is 3.44. The first-order valence-electron chi connectivity index (χ1n) is 7.33.